The van der Waals surface area contributed by atoms with E-state index in [1.54, 1.807) is 50.4 Å². The maximum Gasteiger partial charge on any atom is 0.358 e. The van der Waals surface area contributed by atoms with Crippen molar-refractivity contribution in [3.05, 3.63) is 48.3 Å². The van der Waals surface area contributed by atoms with Gasteiger partial charge in [-0.15, -0.1) is 5.10 Å². The van der Waals surface area contributed by atoms with E-state index in [0.29, 0.717) is 23.9 Å². The Morgan fingerprint density at radius 3 is 2.57 bits per heavy atom. The molecule has 7 nitrogen and oxygen atoms in total. The quantitative estimate of drug-likeness (QED) is 0.674. The number of nitrogens with zero attached hydrogens (tertiary/aromatic N) is 3. The fourth-order valence-electron chi connectivity index (χ4n) is 1.99. The van der Waals surface area contributed by atoms with Crippen LogP contribution in [-0.2, 0) is 4.74 Å². The lowest BCUT2D eigenvalue weighted by atomic mass is 10.3. The Hall–Kier alpha value is -3.09. The standard InChI is InChI=1S/C16H15N3O4/c1-3-22-16(20)13-10-19-14(17-13)8-9-15(18-19)23-12-6-4-11(21-2)5-7-12/h4-10H,3H2,1-2H3. The first kappa shape index (κ1) is 14.8. The van der Waals surface area contributed by atoms with Crippen molar-refractivity contribution in [2.45, 2.75) is 6.92 Å². The minimum atomic E-state index is -0.476. The highest BCUT2D eigenvalue weighted by Crippen LogP contribution is 2.22. The number of hydrogen-bond donors (Lipinski definition) is 0. The number of fused-ring (bicyclic) bond motifs is 1. The van der Waals surface area contributed by atoms with Gasteiger partial charge in [0.1, 0.15) is 11.5 Å². The molecule has 0 amide bonds. The number of hydrogen-bond acceptors (Lipinski definition) is 6. The van der Waals surface area contributed by atoms with E-state index >= 15 is 0 Å². The minimum absolute atomic E-state index is 0.209. The summed E-state index contributed by atoms with van der Waals surface area (Å²) in [6.45, 7) is 2.04. The van der Waals surface area contributed by atoms with Gasteiger partial charge < -0.3 is 14.2 Å². The monoisotopic (exact) mass is 313 g/mol. The largest absolute Gasteiger partial charge is 0.497 e. The summed E-state index contributed by atoms with van der Waals surface area (Å²) in [6, 6.07) is 10.6. The zero-order valence-corrected chi connectivity index (χ0v) is 12.7. The maximum atomic E-state index is 11.7. The van der Waals surface area contributed by atoms with Crippen LogP contribution in [0, 0.1) is 0 Å². The highest BCUT2D eigenvalue weighted by atomic mass is 16.5. The molecular weight excluding hydrogens is 298 g/mol. The molecule has 3 rings (SSSR count). The molecule has 1 aromatic carbocycles. The summed E-state index contributed by atoms with van der Waals surface area (Å²) < 4.78 is 17.2. The normalized spacial score (nSPS) is 10.5. The molecule has 2 heterocycles. The van der Waals surface area contributed by atoms with Gasteiger partial charge in [0.15, 0.2) is 11.3 Å². The van der Waals surface area contributed by atoms with E-state index in [2.05, 4.69) is 10.1 Å². The predicted molar refractivity (Wildman–Crippen MR) is 82.0 cm³/mol. The van der Waals surface area contributed by atoms with Crippen LogP contribution in [0.4, 0.5) is 0 Å². The average molecular weight is 313 g/mol. The molecule has 0 spiro atoms. The van der Waals surface area contributed by atoms with Crippen LogP contribution >= 0.6 is 0 Å². The van der Waals surface area contributed by atoms with E-state index in [1.165, 1.54) is 10.7 Å². The summed E-state index contributed by atoms with van der Waals surface area (Å²) in [7, 11) is 1.60. The number of esters is 1. The number of benzene rings is 1. The van der Waals surface area contributed by atoms with Crippen molar-refractivity contribution in [1.29, 1.82) is 0 Å². The van der Waals surface area contributed by atoms with Crippen LogP contribution in [0.25, 0.3) is 5.65 Å². The molecule has 7 heteroatoms. The lowest BCUT2D eigenvalue weighted by Gasteiger charge is -2.05. The number of rotatable bonds is 5. The molecule has 0 saturated heterocycles. The molecule has 0 unspecified atom stereocenters. The first-order valence-corrected chi connectivity index (χ1v) is 7.05. The lowest BCUT2D eigenvalue weighted by Crippen LogP contribution is -2.04. The van der Waals surface area contributed by atoms with Crippen molar-refractivity contribution in [3.63, 3.8) is 0 Å². The van der Waals surface area contributed by atoms with Crippen LogP contribution in [0.2, 0.25) is 0 Å². The van der Waals surface area contributed by atoms with Crippen LogP contribution in [0.15, 0.2) is 42.6 Å². The Bertz CT molecular complexity index is 827. The molecule has 0 aliphatic heterocycles. The Morgan fingerprint density at radius 2 is 1.87 bits per heavy atom. The smallest absolute Gasteiger partial charge is 0.358 e. The van der Waals surface area contributed by atoms with Gasteiger partial charge in [-0.1, -0.05) is 0 Å². The molecule has 0 aliphatic rings. The van der Waals surface area contributed by atoms with Crippen LogP contribution in [-0.4, -0.2) is 34.3 Å². The van der Waals surface area contributed by atoms with Crippen LogP contribution in [0.3, 0.4) is 0 Å². The second-order valence-electron chi connectivity index (χ2n) is 4.60. The third kappa shape index (κ3) is 3.23. The van der Waals surface area contributed by atoms with Gasteiger partial charge in [-0.25, -0.2) is 14.3 Å². The van der Waals surface area contributed by atoms with Crippen LogP contribution in [0.5, 0.6) is 17.4 Å². The molecule has 0 radical (unpaired) electrons. The molecule has 0 N–H and O–H groups in total. The molecule has 118 valence electrons. The zero-order chi connectivity index (χ0) is 16.2. The van der Waals surface area contributed by atoms with E-state index in [1.807, 2.05) is 0 Å². The van der Waals surface area contributed by atoms with Crippen molar-refractivity contribution in [1.82, 2.24) is 14.6 Å². The summed E-state index contributed by atoms with van der Waals surface area (Å²) in [4.78, 5) is 15.8. The summed E-state index contributed by atoms with van der Waals surface area (Å²) in [6.07, 6.45) is 1.51. The summed E-state index contributed by atoms with van der Waals surface area (Å²) in [5, 5.41) is 4.27. The molecule has 0 saturated carbocycles. The van der Waals surface area contributed by atoms with Crippen molar-refractivity contribution in [3.8, 4) is 17.4 Å². The van der Waals surface area contributed by atoms with Crippen LogP contribution < -0.4 is 9.47 Å². The van der Waals surface area contributed by atoms with Gasteiger partial charge >= 0.3 is 5.97 Å². The molecule has 0 aliphatic carbocycles. The second kappa shape index (κ2) is 6.35. The SMILES string of the molecule is CCOC(=O)c1cn2nc(Oc3ccc(OC)cc3)ccc2n1. The lowest BCUT2D eigenvalue weighted by molar-refractivity contribution is 0.0520. The average Bonchev–Trinajstić information content (AvgIpc) is 2.99. The first-order chi connectivity index (χ1) is 11.2. The third-order valence-electron chi connectivity index (χ3n) is 3.06. The van der Waals surface area contributed by atoms with E-state index in [-0.39, 0.29) is 5.69 Å². The van der Waals surface area contributed by atoms with E-state index in [0.717, 1.165) is 5.75 Å². The first-order valence-electron chi connectivity index (χ1n) is 7.05. The topological polar surface area (TPSA) is 75.0 Å². The molecular formula is C16H15N3O4. The number of carbonyl (C=O) groups excluding carboxylic acids is 1. The summed E-state index contributed by atoms with van der Waals surface area (Å²) in [5.74, 6) is 1.28. The van der Waals surface area contributed by atoms with Gasteiger partial charge in [0, 0.05) is 6.07 Å². The van der Waals surface area contributed by atoms with E-state index < -0.39 is 5.97 Å². The van der Waals surface area contributed by atoms with Crippen molar-refractivity contribution in [2.75, 3.05) is 13.7 Å². The van der Waals surface area contributed by atoms with E-state index in [9.17, 15) is 4.79 Å². The molecule has 3 aromatic rings. The van der Waals surface area contributed by atoms with Crippen molar-refractivity contribution in [2.24, 2.45) is 0 Å². The Balaban J connectivity index is 1.82. The van der Waals surface area contributed by atoms with E-state index in [4.69, 9.17) is 14.2 Å². The molecule has 23 heavy (non-hydrogen) atoms. The molecule has 0 fully saturated rings. The molecule has 2 aromatic heterocycles. The number of ether oxygens (including phenoxy) is 3. The van der Waals surface area contributed by atoms with Crippen molar-refractivity contribution >= 4 is 11.6 Å². The zero-order valence-electron chi connectivity index (χ0n) is 12.7. The third-order valence-corrected chi connectivity index (χ3v) is 3.06. The van der Waals surface area contributed by atoms with Crippen molar-refractivity contribution < 1.29 is 19.0 Å². The fraction of sp³-hybridized carbons (Fsp3) is 0.188. The highest BCUT2D eigenvalue weighted by Gasteiger charge is 2.12. The Labute approximate surface area is 132 Å². The summed E-state index contributed by atoms with van der Waals surface area (Å²) >= 11 is 0. The highest BCUT2D eigenvalue weighted by molar-refractivity contribution is 5.87. The summed E-state index contributed by atoms with van der Waals surface area (Å²) in [5.41, 5.74) is 0.746. The van der Waals surface area contributed by atoms with Crippen LogP contribution in [0.1, 0.15) is 17.4 Å². The minimum Gasteiger partial charge on any atom is -0.497 e. The van der Waals surface area contributed by atoms with Gasteiger partial charge in [-0.2, -0.15) is 0 Å². The second-order valence-corrected chi connectivity index (χ2v) is 4.60. The predicted octanol–water partition coefficient (Wildman–Crippen LogP) is 2.71. The van der Waals surface area contributed by atoms with Gasteiger partial charge in [-0.3, -0.25) is 0 Å². The van der Waals surface area contributed by atoms with Gasteiger partial charge in [-0.05, 0) is 37.3 Å². The Morgan fingerprint density at radius 1 is 1.13 bits per heavy atom. The fourth-order valence-corrected chi connectivity index (χ4v) is 1.99. The van der Waals surface area contributed by atoms with Gasteiger partial charge in [0.25, 0.3) is 0 Å². The number of aromatic nitrogens is 3. The molecule has 0 atom stereocenters. The number of methoxy groups -OCH3 is 1. The number of carbonyl (C=O) groups is 1. The van der Waals surface area contributed by atoms with Gasteiger partial charge in [0.2, 0.25) is 5.88 Å². The van der Waals surface area contributed by atoms with Gasteiger partial charge in [0.05, 0.1) is 19.9 Å². The molecule has 0 bridgehead atoms. The maximum absolute atomic E-state index is 11.7. The Kier molecular flexibility index (Phi) is 4.09. The number of imidazole rings is 1.